The molecular formula is C23H30F3N5O3S. The summed E-state index contributed by atoms with van der Waals surface area (Å²) < 4.78 is 69.6. The van der Waals surface area contributed by atoms with Crippen LogP contribution in [0.5, 0.6) is 0 Å². The van der Waals surface area contributed by atoms with Crippen LogP contribution in [0.25, 0.3) is 11.2 Å². The maximum atomic E-state index is 13.7. The van der Waals surface area contributed by atoms with Crippen molar-refractivity contribution in [1.82, 2.24) is 14.6 Å². The molecule has 0 aliphatic heterocycles. The summed E-state index contributed by atoms with van der Waals surface area (Å²) in [5.74, 6) is -0.242. The summed E-state index contributed by atoms with van der Waals surface area (Å²) in [4.78, 5) is 4.35. The van der Waals surface area contributed by atoms with Gasteiger partial charge in [0.2, 0.25) is 0 Å². The van der Waals surface area contributed by atoms with E-state index in [1.54, 1.807) is 41.9 Å². The molecule has 12 heteroatoms. The van der Waals surface area contributed by atoms with E-state index in [0.717, 1.165) is 12.8 Å². The van der Waals surface area contributed by atoms with Crippen LogP contribution in [0.3, 0.4) is 0 Å². The molecule has 8 nitrogen and oxygen atoms in total. The largest absolute Gasteiger partial charge is 0.394 e. The molecule has 2 aromatic rings. The molecule has 2 heterocycles. The third-order valence-electron chi connectivity index (χ3n) is 7.08. The summed E-state index contributed by atoms with van der Waals surface area (Å²) in [6, 6.07) is 3.61. The van der Waals surface area contributed by atoms with Gasteiger partial charge < -0.3 is 5.32 Å². The second-order valence-corrected chi connectivity index (χ2v) is 11.2. The monoisotopic (exact) mass is 513 g/mol. The molecule has 1 fully saturated rings. The highest BCUT2D eigenvalue weighted by molar-refractivity contribution is 7.84. The van der Waals surface area contributed by atoms with Crippen LogP contribution in [0.2, 0.25) is 0 Å². The number of nitrogens with zero attached hydrogens (tertiary/aromatic N) is 3. The van der Waals surface area contributed by atoms with Crippen LogP contribution < -0.4 is 10.5 Å². The number of hydrogen-bond acceptors (Lipinski definition) is 6. The van der Waals surface area contributed by atoms with E-state index in [9.17, 15) is 21.6 Å². The molecule has 4 atom stereocenters. The van der Waals surface area contributed by atoms with Crippen molar-refractivity contribution in [1.29, 1.82) is 0 Å². The van der Waals surface area contributed by atoms with Crippen LogP contribution in [0.1, 0.15) is 45.7 Å². The minimum Gasteiger partial charge on any atom is -0.367 e. The lowest BCUT2D eigenvalue weighted by Crippen LogP contribution is -2.41. The fourth-order valence-corrected chi connectivity index (χ4v) is 5.29. The molecule has 4 rings (SSSR count). The Labute approximate surface area is 202 Å². The van der Waals surface area contributed by atoms with E-state index in [0.29, 0.717) is 29.2 Å². The van der Waals surface area contributed by atoms with Crippen molar-refractivity contribution in [2.24, 2.45) is 28.3 Å². The molecule has 3 N–H and O–H groups in total. The van der Waals surface area contributed by atoms with Gasteiger partial charge in [0.15, 0.2) is 5.65 Å². The zero-order valence-corrected chi connectivity index (χ0v) is 20.6. The molecule has 35 heavy (non-hydrogen) atoms. The minimum atomic E-state index is -4.34. The van der Waals surface area contributed by atoms with E-state index in [-0.39, 0.29) is 24.5 Å². The van der Waals surface area contributed by atoms with Crippen LogP contribution >= 0.6 is 0 Å². The smallest absolute Gasteiger partial charge is 0.367 e. The third kappa shape index (κ3) is 5.54. The van der Waals surface area contributed by atoms with Gasteiger partial charge in [0.25, 0.3) is 0 Å². The molecule has 2 aliphatic carbocycles. The summed E-state index contributed by atoms with van der Waals surface area (Å²) >= 11 is 0. The van der Waals surface area contributed by atoms with Gasteiger partial charge in [-0.25, -0.2) is 10.1 Å². The number of hydrogen-bond donors (Lipinski definition) is 2. The summed E-state index contributed by atoms with van der Waals surface area (Å²) in [7, 11) is -3.97. The normalized spacial score (nSPS) is 25.7. The number of anilines is 1. The quantitative estimate of drug-likeness (QED) is 0.570. The topological polar surface area (TPSA) is 112 Å². The Morgan fingerprint density at radius 1 is 1.29 bits per heavy atom. The predicted octanol–water partition coefficient (Wildman–Crippen LogP) is 4.32. The van der Waals surface area contributed by atoms with Gasteiger partial charge in [-0.1, -0.05) is 39.0 Å². The average Bonchev–Trinajstić information content (AvgIpc) is 3.38. The summed E-state index contributed by atoms with van der Waals surface area (Å²) in [6.07, 6.45) is 4.89. The second kappa shape index (κ2) is 9.21. The van der Waals surface area contributed by atoms with Gasteiger partial charge in [-0.3, -0.25) is 4.18 Å². The molecule has 192 valence electrons. The van der Waals surface area contributed by atoms with Crippen molar-refractivity contribution >= 4 is 27.3 Å². The third-order valence-corrected chi connectivity index (χ3v) is 7.55. The van der Waals surface area contributed by atoms with Gasteiger partial charge in [-0.05, 0) is 48.7 Å². The lowest BCUT2D eigenvalue weighted by atomic mass is 9.69. The maximum absolute atomic E-state index is 13.7. The van der Waals surface area contributed by atoms with Crippen molar-refractivity contribution in [3.05, 3.63) is 42.3 Å². The molecule has 0 amide bonds. The SMILES string of the molecule is CC1C=CC(c2cc3nccc(NC4CCC(COS(N)(=O)=O)C4)n3n2)=CC1C(C)(C)C(F)(F)F. The Hall–Kier alpha value is -2.44. The van der Waals surface area contributed by atoms with Crippen molar-refractivity contribution in [3.8, 4) is 0 Å². The van der Waals surface area contributed by atoms with Gasteiger partial charge in [0.05, 0.1) is 17.7 Å². The maximum Gasteiger partial charge on any atom is 0.394 e. The molecule has 0 saturated heterocycles. The van der Waals surface area contributed by atoms with Crippen molar-refractivity contribution in [2.75, 3.05) is 11.9 Å². The van der Waals surface area contributed by atoms with E-state index >= 15 is 0 Å². The molecule has 1 saturated carbocycles. The average molecular weight is 514 g/mol. The molecule has 0 aromatic carbocycles. The Bertz CT molecular complexity index is 1250. The van der Waals surface area contributed by atoms with Gasteiger partial charge >= 0.3 is 16.5 Å². The predicted molar refractivity (Wildman–Crippen MR) is 126 cm³/mol. The fourth-order valence-electron chi connectivity index (χ4n) is 4.90. The van der Waals surface area contributed by atoms with E-state index < -0.39 is 27.8 Å². The summed E-state index contributed by atoms with van der Waals surface area (Å²) in [5.41, 5.74) is -0.151. The molecule has 0 spiro atoms. The Morgan fingerprint density at radius 2 is 2.03 bits per heavy atom. The standard InChI is InChI=1S/C23H30F3N5O3S/c1-14-4-6-16(11-18(14)22(2,3)23(24,25)26)19-12-21-28-9-8-20(31(21)30-19)29-17-7-5-15(10-17)13-34-35(27,32)33/h4,6,8-9,11-12,14-15,17-18,29H,5,7,10,13H2,1-3H3,(H2,27,32,33). The second-order valence-electron chi connectivity index (χ2n) is 10.0. The summed E-state index contributed by atoms with van der Waals surface area (Å²) in [6.45, 7) is 4.30. The first-order valence-electron chi connectivity index (χ1n) is 11.5. The number of fused-ring (bicyclic) bond motifs is 1. The number of halogens is 3. The first-order chi connectivity index (χ1) is 16.2. The number of rotatable bonds is 7. The van der Waals surface area contributed by atoms with Crippen LogP contribution in [-0.4, -0.2) is 41.8 Å². The van der Waals surface area contributed by atoms with Gasteiger partial charge in [0.1, 0.15) is 5.82 Å². The van der Waals surface area contributed by atoms with Crippen LogP contribution in [0, 0.1) is 23.2 Å². The lowest BCUT2D eigenvalue weighted by molar-refractivity contribution is -0.227. The van der Waals surface area contributed by atoms with Crippen LogP contribution in [0.4, 0.5) is 19.0 Å². The molecule has 0 bridgehead atoms. The zero-order valence-electron chi connectivity index (χ0n) is 19.8. The number of nitrogens with two attached hydrogens (primary N) is 1. The van der Waals surface area contributed by atoms with Crippen LogP contribution in [0.15, 0.2) is 36.6 Å². The minimum absolute atomic E-state index is 0.0447. The fraction of sp³-hybridized carbons (Fsp3) is 0.565. The van der Waals surface area contributed by atoms with Crippen LogP contribution in [-0.2, 0) is 14.5 Å². The number of aromatic nitrogens is 3. The Balaban J connectivity index is 1.54. The Morgan fingerprint density at radius 3 is 2.71 bits per heavy atom. The highest BCUT2D eigenvalue weighted by Gasteiger charge is 2.53. The molecule has 2 aliphatic rings. The van der Waals surface area contributed by atoms with Crippen molar-refractivity contribution in [2.45, 2.75) is 52.3 Å². The number of allylic oxidation sites excluding steroid dienone is 4. The lowest BCUT2D eigenvalue weighted by Gasteiger charge is -2.38. The summed E-state index contributed by atoms with van der Waals surface area (Å²) in [5, 5.41) is 13.0. The highest BCUT2D eigenvalue weighted by atomic mass is 32.2. The molecule has 2 aromatic heterocycles. The van der Waals surface area contributed by atoms with E-state index in [2.05, 4.69) is 15.4 Å². The first-order valence-corrected chi connectivity index (χ1v) is 13.0. The molecule has 4 unspecified atom stereocenters. The van der Waals surface area contributed by atoms with E-state index in [4.69, 9.17) is 9.32 Å². The molecule has 0 radical (unpaired) electrons. The highest BCUT2D eigenvalue weighted by Crippen LogP contribution is 2.49. The Kier molecular flexibility index (Phi) is 6.75. The number of alkyl halides is 3. The van der Waals surface area contributed by atoms with Crippen molar-refractivity contribution in [3.63, 3.8) is 0 Å². The van der Waals surface area contributed by atoms with Gasteiger partial charge in [-0.2, -0.15) is 31.2 Å². The first kappa shape index (κ1) is 25.6. The van der Waals surface area contributed by atoms with E-state index in [1.807, 2.05) is 6.08 Å². The number of nitrogens with one attached hydrogen (secondary N) is 1. The van der Waals surface area contributed by atoms with Gasteiger partial charge in [0, 0.05) is 18.3 Å². The zero-order chi connectivity index (χ0) is 25.6. The van der Waals surface area contributed by atoms with Gasteiger partial charge in [-0.15, -0.1) is 0 Å². The van der Waals surface area contributed by atoms with Crippen molar-refractivity contribution < 1.29 is 25.8 Å². The molecular weight excluding hydrogens is 483 g/mol. The van der Waals surface area contributed by atoms with E-state index in [1.165, 1.54) is 13.8 Å².